The van der Waals surface area contributed by atoms with Gasteiger partial charge in [-0.3, -0.25) is 14.5 Å². The molecular formula is C44H40BrNO2. The molecule has 1 heterocycles. The van der Waals surface area contributed by atoms with E-state index in [1.165, 1.54) is 84.8 Å². The van der Waals surface area contributed by atoms with Crippen LogP contribution in [0.15, 0.2) is 95.5 Å². The van der Waals surface area contributed by atoms with E-state index in [9.17, 15) is 9.59 Å². The largest absolute Gasteiger partial charge is 0.274 e. The Morgan fingerprint density at radius 1 is 0.479 bits per heavy atom. The highest BCUT2D eigenvalue weighted by Gasteiger charge is 2.32. The van der Waals surface area contributed by atoms with Crippen LogP contribution in [-0.2, 0) is 12.8 Å². The number of hydrogen-bond acceptors (Lipinski definition) is 2. The number of amides is 2. The fraction of sp³-hybridized carbons (Fsp3) is 0.273. The molecule has 0 spiro atoms. The zero-order valence-corrected chi connectivity index (χ0v) is 29.2. The lowest BCUT2D eigenvalue weighted by Crippen LogP contribution is -2.40. The summed E-state index contributed by atoms with van der Waals surface area (Å²) in [5.74, 6) is -0.360. The number of carbonyl (C=O) groups excluding carboxylic acids is 2. The maximum Gasteiger partial charge on any atom is 0.261 e. The second kappa shape index (κ2) is 13.0. The lowest BCUT2D eigenvalue weighted by Gasteiger charge is -2.27. The van der Waals surface area contributed by atoms with Gasteiger partial charge in [0.1, 0.15) is 0 Å². The number of halogens is 1. The van der Waals surface area contributed by atoms with Gasteiger partial charge < -0.3 is 0 Å². The molecule has 240 valence electrons. The average Bonchev–Trinajstić information content (AvgIpc) is 3.11. The smallest absolute Gasteiger partial charge is 0.261 e. The number of benzene rings is 7. The Balaban J connectivity index is 0.974. The quantitative estimate of drug-likeness (QED) is 0.0553. The Morgan fingerprint density at radius 3 is 1.60 bits per heavy atom. The van der Waals surface area contributed by atoms with Gasteiger partial charge in [0.05, 0.1) is 0 Å². The van der Waals surface area contributed by atoms with Crippen LogP contribution in [-0.4, -0.2) is 23.3 Å². The summed E-state index contributed by atoms with van der Waals surface area (Å²) in [6.07, 6.45) is 11.2. The highest BCUT2D eigenvalue weighted by Crippen LogP contribution is 2.42. The molecule has 0 saturated heterocycles. The number of aryl methyl sites for hydroxylation is 2. The third kappa shape index (κ3) is 5.17. The molecule has 7 aromatic carbocycles. The van der Waals surface area contributed by atoms with Crippen LogP contribution in [0.4, 0.5) is 0 Å². The van der Waals surface area contributed by atoms with Crippen LogP contribution in [0.1, 0.15) is 90.1 Å². The molecule has 0 unspecified atom stereocenters. The van der Waals surface area contributed by atoms with E-state index < -0.39 is 0 Å². The maximum absolute atomic E-state index is 13.3. The zero-order chi connectivity index (χ0) is 32.8. The minimum absolute atomic E-state index is 0.180. The summed E-state index contributed by atoms with van der Waals surface area (Å²) >= 11 is 3.57. The SMILES string of the molecule is CCCCCCc1ccc2c3cccc4c(CCCCCCN5C(=O)c6cccc7c(Br)ccc(c67)C5=O)ccc(c5cccc1c25)c43. The van der Waals surface area contributed by atoms with Gasteiger partial charge in [-0.15, -0.1) is 0 Å². The predicted molar refractivity (Wildman–Crippen MR) is 205 cm³/mol. The molecule has 0 atom stereocenters. The lowest BCUT2D eigenvalue weighted by molar-refractivity contribution is 0.0607. The topological polar surface area (TPSA) is 37.4 Å². The normalized spacial score (nSPS) is 13.3. The van der Waals surface area contributed by atoms with Crippen molar-refractivity contribution in [3.8, 4) is 0 Å². The van der Waals surface area contributed by atoms with Crippen molar-refractivity contribution in [2.24, 2.45) is 0 Å². The van der Waals surface area contributed by atoms with E-state index >= 15 is 0 Å². The van der Waals surface area contributed by atoms with Crippen molar-refractivity contribution in [3.63, 3.8) is 0 Å². The molecule has 4 heteroatoms. The summed E-state index contributed by atoms with van der Waals surface area (Å²) < 4.78 is 0.900. The van der Waals surface area contributed by atoms with Crippen molar-refractivity contribution in [1.82, 2.24) is 4.90 Å². The molecule has 0 saturated carbocycles. The second-order valence-corrected chi connectivity index (χ2v) is 14.4. The molecule has 1 aliphatic heterocycles. The van der Waals surface area contributed by atoms with Crippen LogP contribution < -0.4 is 0 Å². The van der Waals surface area contributed by atoms with Crippen molar-refractivity contribution in [2.75, 3.05) is 6.54 Å². The monoisotopic (exact) mass is 693 g/mol. The minimum Gasteiger partial charge on any atom is -0.274 e. The van der Waals surface area contributed by atoms with E-state index in [1.807, 2.05) is 30.3 Å². The van der Waals surface area contributed by atoms with Crippen LogP contribution in [0.5, 0.6) is 0 Å². The molecular weight excluding hydrogens is 654 g/mol. The Labute approximate surface area is 290 Å². The van der Waals surface area contributed by atoms with Crippen molar-refractivity contribution >= 4 is 81.6 Å². The van der Waals surface area contributed by atoms with Crippen molar-refractivity contribution in [3.05, 3.63) is 118 Å². The number of carbonyl (C=O) groups is 2. The van der Waals surface area contributed by atoms with Gasteiger partial charge in [0, 0.05) is 27.5 Å². The van der Waals surface area contributed by atoms with Crippen LogP contribution in [0.3, 0.4) is 0 Å². The Kier molecular flexibility index (Phi) is 8.38. The van der Waals surface area contributed by atoms with Gasteiger partial charge in [-0.25, -0.2) is 0 Å². The second-order valence-electron chi connectivity index (χ2n) is 13.6. The number of nitrogens with zero attached hydrogens (tertiary/aromatic N) is 1. The van der Waals surface area contributed by atoms with Gasteiger partial charge >= 0.3 is 0 Å². The standard InChI is InChI=1S/C44H40BrNO2/c1-2-3-4-7-13-28-21-23-34-33-18-11-16-31-29(22-24-35(41(31)33)32-17-10-15-30(28)40(32)34)14-8-5-6-9-27-46-43(47)37-20-12-19-36-39(45)26-25-38(42(36)37)44(46)48/h10-12,15-26H,2-9,13-14,27H2,1H3. The van der Waals surface area contributed by atoms with E-state index in [4.69, 9.17) is 0 Å². The number of hydrogen-bond donors (Lipinski definition) is 0. The fourth-order valence-electron chi connectivity index (χ4n) is 8.26. The molecule has 0 fully saturated rings. The van der Waals surface area contributed by atoms with E-state index in [1.54, 1.807) is 0 Å². The van der Waals surface area contributed by atoms with Gasteiger partial charge in [-0.2, -0.15) is 0 Å². The Bertz CT molecular complexity index is 2310. The van der Waals surface area contributed by atoms with Gasteiger partial charge in [0.2, 0.25) is 0 Å². The number of unbranched alkanes of at least 4 members (excludes halogenated alkanes) is 6. The summed E-state index contributed by atoms with van der Waals surface area (Å²) in [5.41, 5.74) is 4.11. The lowest BCUT2D eigenvalue weighted by atomic mass is 9.86. The van der Waals surface area contributed by atoms with Crippen LogP contribution in [0.25, 0.3) is 53.9 Å². The van der Waals surface area contributed by atoms with Crippen LogP contribution in [0.2, 0.25) is 0 Å². The molecule has 48 heavy (non-hydrogen) atoms. The molecule has 8 rings (SSSR count). The van der Waals surface area contributed by atoms with Crippen molar-refractivity contribution in [2.45, 2.75) is 71.1 Å². The summed E-state index contributed by atoms with van der Waals surface area (Å²) in [5, 5.41) is 12.7. The van der Waals surface area contributed by atoms with Gasteiger partial charge in [0.25, 0.3) is 11.8 Å². The van der Waals surface area contributed by atoms with Crippen molar-refractivity contribution in [1.29, 1.82) is 0 Å². The first-order valence-electron chi connectivity index (χ1n) is 17.7. The first-order valence-corrected chi connectivity index (χ1v) is 18.5. The first-order chi connectivity index (χ1) is 23.6. The summed E-state index contributed by atoms with van der Waals surface area (Å²) in [6.45, 7) is 2.73. The molecule has 2 amide bonds. The van der Waals surface area contributed by atoms with E-state index in [0.29, 0.717) is 17.7 Å². The Hall–Kier alpha value is -4.28. The van der Waals surface area contributed by atoms with Gasteiger partial charge in [-0.05, 0) is 110 Å². The molecule has 0 bridgehead atoms. The molecule has 1 aliphatic rings. The summed E-state index contributed by atoms with van der Waals surface area (Å²) in [6, 6.07) is 32.6. The molecule has 3 nitrogen and oxygen atoms in total. The fourth-order valence-corrected chi connectivity index (χ4v) is 8.73. The van der Waals surface area contributed by atoms with E-state index in [0.717, 1.165) is 53.8 Å². The van der Waals surface area contributed by atoms with E-state index in [-0.39, 0.29) is 11.8 Å². The third-order valence-electron chi connectivity index (χ3n) is 10.7. The van der Waals surface area contributed by atoms with E-state index in [2.05, 4.69) is 83.5 Å². The highest BCUT2D eigenvalue weighted by atomic mass is 79.9. The number of rotatable bonds is 12. The zero-order valence-electron chi connectivity index (χ0n) is 27.6. The van der Waals surface area contributed by atoms with Crippen LogP contribution in [0, 0.1) is 0 Å². The first kappa shape index (κ1) is 31.0. The minimum atomic E-state index is -0.180. The summed E-state index contributed by atoms with van der Waals surface area (Å²) in [4.78, 5) is 28.1. The third-order valence-corrected chi connectivity index (χ3v) is 11.3. The molecule has 0 radical (unpaired) electrons. The maximum atomic E-state index is 13.3. The van der Waals surface area contributed by atoms with Crippen LogP contribution >= 0.6 is 15.9 Å². The van der Waals surface area contributed by atoms with Crippen molar-refractivity contribution < 1.29 is 9.59 Å². The molecule has 0 aliphatic carbocycles. The number of fused-ring (bicyclic) bond motifs is 2. The predicted octanol–water partition coefficient (Wildman–Crippen LogP) is 12.2. The van der Waals surface area contributed by atoms with Gasteiger partial charge in [-0.1, -0.05) is 128 Å². The molecule has 0 aromatic heterocycles. The summed E-state index contributed by atoms with van der Waals surface area (Å²) in [7, 11) is 0. The van der Waals surface area contributed by atoms with Gasteiger partial charge in [0.15, 0.2) is 0 Å². The number of imide groups is 1. The highest BCUT2D eigenvalue weighted by molar-refractivity contribution is 9.10. The molecule has 7 aromatic rings. The molecule has 0 N–H and O–H groups in total. The Morgan fingerprint density at radius 2 is 0.979 bits per heavy atom. The average molecular weight is 695 g/mol.